The Bertz CT molecular complexity index is 1700. The maximum Gasteiger partial charge on any atom is 0.153 e. The van der Waals surface area contributed by atoms with Crippen LogP contribution < -0.4 is 9.80 Å². The van der Waals surface area contributed by atoms with E-state index in [1.165, 1.54) is 33.6 Å². The topological polar surface area (TPSA) is 37.2 Å². The van der Waals surface area contributed by atoms with Crippen LogP contribution in [0.2, 0.25) is 0 Å². The van der Waals surface area contributed by atoms with Gasteiger partial charge in [-0.05, 0) is 64.4 Å². The van der Waals surface area contributed by atoms with E-state index in [2.05, 4.69) is 147 Å². The zero-order valence-electron chi connectivity index (χ0n) is 25.8. The molecule has 1 aliphatic rings. The molecule has 6 rings (SSSR count). The van der Waals surface area contributed by atoms with Gasteiger partial charge in [-0.1, -0.05) is 90.1 Å². The van der Waals surface area contributed by atoms with E-state index in [0.717, 1.165) is 29.6 Å². The number of hydrogen-bond acceptors (Lipinski definition) is 4. The molecule has 0 N–H and O–H groups in total. The van der Waals surface area contributed by atoms with Gasteiger partial charge < -0.3 is 9.80 Å². The summed E-state index contributed by atoms with van der Waals surface area (Å²) in [5.41, 5.74) is 9.71. The number of para-hydroxylation sites is 1. The van der Waals surface area contributed by atoms with Crippen LogP contribution in [0.1, 0.15) is 75.6 Å². The largest absolute Gasteiger partial charge is 0.340 e. The van der Waals surface area contributed by atoms with Crippen molar-refractivity contribution in [3.8, 4) is 17.1 Å². The lowest BCUT2D eigenvalue weighted by Crippen LogP contribution is -2.25. The zero-order chi connectivity index (χ0) is 29.6. The van der Waals surface area contributed by atoms with Crippen LogP contribution in [0.5, 0.6) is 0 Å². The van der Waals surface area contributed by atoms with Crippen molar-refractivity contribution in [2.24, 2.45) is 0 Å². The summed E-state index contributed by atoms with van der Waals surface area (Å²) in [5, 5.41) is 0. The van der Waals surface area contributed by atoms with Crippen molar-refractivity contribution in [2.75, 3.05) is 23.5 Å². The number of fused-ring (bicyclic) bond motifs is 1. The Morgan fingerprint density at radius 1 is 0.738 bits per heavy atom. The molecule has 2 aromatic heterocycles. The first-order valence-corrected chi connectivity index (χ1v) is 15.0. The van der Waals surface area contributed by atoms with Gasteiger partial charge in [-0.3, -0.25) is 4.57 Å². The maximum absolute atomic E-state index is 4.90. The summed E-state index contributed by atoms with van der Waals surface area (Å²) in [5.74, 6) is 2.81. The zero-order valence-corrected chi connectivity index (χ0v) is 25.8. The highest BCUT2D eigenvalue weighted by molar-refractivity contribution is 5.79. The first-order chi connectivity index (χ1) is 20.2. The minimum Gasteiger partial charge on any atom is -0.340 e. The second-order valence-corrected chi connectivity index (χ2v) is 12.6. The van der Waals surface area contributed by atoms with Gasteiger partial charge in [-0.15, -0.1) is 0 Å². The summed E-state index contributed by atoms with van der Waals surface area (Å²) in [6, 6.07) is 28.7. The number of anilines is 3. The van der Waals surface area contributed by atoms with Crippen molar-refractivity contribution < 1.29 is 0 Å². The molecule has 0 fully saturated rings. The highest BCUT2D eigenvalue weighted by atomic mass is 15.4. The molecule has 0 unspecified atom stereocenters. The molecule has 0 radical (unpaired) electrons. The van der Waals surface area contributed by atoms with Gasteiger partial charge in [0.1, 0.15) is 5.82 Å². The average Bonchev–Trinajstić information content (AvgIpc) is 3.62. The number of imidazole rings is 1. The summed E-state index contributed by atoms with van der Waals surface area (Å²) < 4.78 is 2.30. The first kappa shape index (κ1) is 27.8. The molecular weight excluding hydrogens is 514 g/mol. The Morgan fingerprint density at radius 2 is 1.40 bits per heavy atom. The van der Waals surface area contributed by atoms with Crippen molar-refractivity contribution in [3.63, 3.8) is 0 Å². The quantitative estimate of drug-likeness (QED) is 0.201. The molecule has 42 heavy (non-hydrogen) atoms. The van der Waals surface area contributed by atoms with Crippen LogP contribution in [-0.4, -0.2) is 28.3 Å². The van der Waals surface area contributed by atoms with Crippen LogP contribution in [0.4, 0.5) is 17.2 Å². The maximum atomic E-state index is 4.90. The highest BCUT2D eigenvalue weighted by Gasteiger charge is 2.29. The van der Waals surface area contributed by atoms with E-state index in [0.29, 0.717) is 11.8 Å². The van der Waals surface area contributed by atoms with Gasteiger partial charge in [0.2, 0.25) is 0 Å². The van der Waals surface area contributed by atoms with E-state index in [9.17, 15) is 0 Å². The van der Waals surface area contributed by atoms with E-state index in [1.54, 1.807) is 0 Å². The van der Waals surface area contributed by atoms with Gasteiger partial charge in [-0.25, -0.2) is 9.97 Å². The van der Waals surface area contributed by atoms with Gasteiger partial charge in [0.05, 0.1) is 18.0 Å². The molecule has 5 nitrogen and oxygen atoms in total. The molecule has 0 saturated heterocycles. The van der Waals surface area contributed by atoms with Crippen LogP contribution in [0.25, 0.3) is 17.1 Å². The molecule has 0 spiro atoms. The third kappa shape index (κ3) is 4.77. The second kappa shape index (κ2) is 10.8. The fourth-order valence-corrected chi connectivity index (χ4v) is 6.23. The SMILES string of the molecule is CC(C)c1cccc(C(C)C)c1-n1ccnc1-c1cccc(C(C)(C)c2cccc(N3CN(C)c4ncccc43)c2)c1. The molecule has 0 aliphatic carbocycles. The van der Waals surface area contributed by atoms with Gasteiger partial charge in [0.25, 0.3) is 0 Å². The fourth-order valence-electron chi connectivity index (χ4n) is 6.23. The lowest BCUT2D eigenvalue weighted by Gasteiger charge is -2.29. The molecular formula is C37H41N5. The standard InChI is InChI=1S/C37H41N5/c1-25(2)31-16-10-17-32(26(3)4)34(31)41-21-20-39-35(41)27-12-8-13-28(22-27)37(5,6)29-14-9-15-30(23-29)42-24-40(7)36-33(42)18-11-19-38-36/h8-23,25-26H,24H2,1-7H3. The second-order valence-electron chi connectivity index (χ2n) is 12.6. The minimum atomic E-state index is -0.216. The van der Waals surface area contributed by atoms with Gasteiger partial charge in [-0.2, -0.15) is 0 Å². The van der Waals surface area contributed by atoms with Crippen molar-refractivity contribution in [1.82, 2.24) is 14.5 Å². The molecule has 3 heterocycles. The molecule has 1 aliphatic heterocycles. The summed E-state index contributed by atoms with van der Waals surface area (Å²) >= 11 is 0. The number of nitrogens with zero attached hydrogens (tertiary/aromatic N) is 5. The van der Waals surface area contributed by atoms with Crippen molar-refractivity contribution >= 4 is 17.2 Å². The minimum absolute atomic E-state index is 0.216. The Hall–Kier alpha value is -4.38. The molecule has 214 valence electrons. The number of aromatic nitrogens is 3. The van der Waals surface area contributed by atoms with Crippen molar-refractivity contribution in [1.29, 1.82) is 0 Å². The van der Waals surface area contributed by atoms with Crippen LogP contribution in [0, 0.1) is 0 Å². The number of rotatable bonds is 7. The molecule has 0 atom stereocenters. The molecule has 0 bridgehead atoms. The van der Waals surface area contributed by atoms with E-state index < -0.39 is 0 Å². The Morgan fingerprint density at radius 3 is 2.12 bits per heavy atom. The van der Waals surface area contributed by atoms with Crippen LogP contribution in [0.3, 0.4) is 0 Å². The van der Waals surface area contributed by atoms with Crippen LogP contribution in [-0.2, 0) is 5.41 Å². The number of pyridine rings is 1. The van der Waals surface area contributed by atoms with E-state index in [-0.39, 0.29) is 5.41 Å². The smallest absolute Gasteiger partial charge is 0.153 e. The molecule has 0 saturated carbocycles. The number of hydrogen-bond donors (Lipinski definition) is 0. The fraction of sp³-hybridized carbons (Fsp3) is 0.297. The normalized spacial score (nSPS) is 13.4. The first-order valence-electron chi connectivity index (χ1n) is 15.0. The summed E-state index contributed by atoms with van der Waals surface area (Å²) in [6.45, 7) is 14.5. The third-order valence-electron chi connectivity index (χ3n) is 8.72. The molecule has 0 amide bonds. The van der Waals surface area contributed by atoms with E-state index in [4.69, 9.17) is 4.98 Å². The van der Waals surface area contributed by atoms with E-state index in [1.807, 2.05) is 18.5 Å². The van der Waals surface area contributed by atoms with Crippen molar-refractivity contribution in [2.45, 2.75) is 58.8 Å². The molecule has 5 aromatic rings. The highest BCUT2D eigenvalue weighted by Crippen LogP contribution is 2.41. The van der Waals surface area contributed by atoms with Gasteiger partial charge in [0.15, 0.2) is 5.82 Å². The predicted octanol–water partition coefficient (Wildman–Crippen LogP) is 9.05. The molecule has 3 aromatic carbocycles. The summed E-state index contributed by atoms with van der Waals surface area (Å²) in [7, 11) is 2.10. The van der Waals surface area contributed by atoms with Gasteiger partial charge in [0, 0.05) is 42.3 Å². The lowest BCUT2D eigenvalue weighted by atomic mass is 9.77. The Labute approximate surface area is 250 Å². The van der Waals surface area contributed by atoms with Crippen molar-refractivity contribution in [3.05, 3.63) is 120 Å². The third-order valence-corrected chi connectivity index (χ3v) is 8.72. The Balaban J connectivity index is 1.39. The van der Waals surface area contributed by atoms with Crippen LogP contribution >= 0.6 is 0 Å². The van der Waals surface area contributed by atoms with E-state index >= 15 is 0 Å². The monoisotopic (exact) mass is 555 g/mol. The molecule has 5 heteroatoms. The summed E-state index contributed by atoms with van der Waals surface area (Å²) in [4.78, 5) is 14.0. The van der Waals surface area contributed by atoms with Crippen LogP contribution in [0.15, 0.2) is 97.5 Å². The average molecular weight is 556 g/mol. The lowest BCUT2D eigenvalue weighted by molar-refractivity contribution is 0.641. The predicted molar refractivity (Wildman–Crippen MR) is 175 cm³/mol. The summed E-state index contributed by atoms with van der Waals surface area (Å²) in [6.07, 6.45) is 5.91. The number of benzene rings is 3. The van der Waals surface area contributed by atoms with Gasteiger partial charge >= 0.3 is 0 Å². The Kier molecular flexibility index (Phi) is 7.14.